The van der Waals surface area contributed by atoms with Crippen molar-refractivity contribution in [2.45, 2.75) is 101 Å². The van der Waals surface area contributed by atoms with Crippen LogP contribution in [0.4, 0.5) is 13.2 Å². The number of carbonyl (C=O) groups is 1. The van der Waals surface area contributed by atoms with Crippen molar-refractivity contribution in [3.8, 4) is 0 Å². The molecular weight excluding hydrogens is 397 g/mol. The molecule has 4 bridgehead atoms. The van der Waals surface area contributed by atoms with Gasteiger partial charge in [0.2, 0.25) is 0 Å². The van der Waals surface area contributed by atoms with E-state index in [-0.39, 0.29) is 11.4 Å². The van der Waals surface area contributed by atoms with Crippen LogP contribution < -0.4 is 0 Å². The summed E-state index contributed by atoms with van der Waals surface area (Å²) in [6.45, 7) is 5.37. The third-order valence-corrected chi connectivity index (χ3v) is 8.28. The minimum atomic E-state index is -4.74. The summed E-state index contributed by atoms with van der Waals surface area (Å²) in [5.74, 6) is 0.412. The molecule has 3 unspecified atom stereocenters. The van der Waals surface area contributed by atoms with Crippen LogP contribution in [0.1, 0.15) is 78.1 Å². The van der Waals surface area contributed by atoms with Crippen molar-refractivity contribution in [2.24, 2.45) is 17.3 Å². The van der Waals surface area contributed by atoms with E-state index in [1.807, 2.05) is 0 Å². The standard InChI is InChI=1S/C23H33F3O4/c1-15(2)18(27)30-21-11-16-8-17(12-21)10-20(9-16,13-21)22(6-4-5-7-22)29-14-19(3,28)23(24,25)26/h16-17,28H,1,4-14H2,2-3H3. The number of ether oxygens (including phenoxy) is 2. The van der Waals surface area contributed by atoms with Crippen molar-refractivity contribution in [3.63, 3.8) is 0 Å². The number of hydrogen-bond donors (Lipinski definition) is 1. The Kier molecular flexibility index (Phi) is 5.13. The van der Waals surface area contributed by atoms with Crippen LogP contribution in [0.5, 0.6) is 0 Å². The molecule has 0 aromatic rings. The van der Waals surface area contributed by atoms with Crippen LogP contribution in [-0.2, 0) is 14.3 Å². The van der Waals surface area contributed by atoms with E-state index in [4.69, 9.17) is 9.47 Å². The van der Waals surface area contributed by atoms with Crippen molar-refractivity contribution < 1.29 is 32.5 Å². The second kappa shape index (κ2) is 6.96. The normalized spacial score (nSPS) is 39.0. The van der Waals surface area contributed by atoms with Gasteiger partial charge >= 0.3 is 12.1 Å². The average molecular weight is 431 g/mol. The van der Waals surface area contributed by atoms with E-state index in [1.165, 1.54) is 0 Å². The number of rotatable bonds is 6. The SMILES string of the molecule is C=C(C)C(=O)OC12CC3CC(C1)CC(C1(OCC(C)(O)C(F)(F)F)CCCC1)(C3)C2. The van der Waals surface area contributed by atoms with Gasteiger partial charge in [-0.25, -0.2) is 4.79 Å². The van der Waals surface area contributed by atoms with E-state index < -0.39 is 29.6 Å². The molecule has 0 aliphatic heterocycles. The summed E-state index contributed by atoms with van der Waals surface area (Å²) >= 11 is 0. The lowest BCUT2D eigenvalue weighted by molar-refractivity contribution is -0.299. The molecule has 170 valence electrons. The fraction of sp³-hybridized carbons (Fsp3) is 0.870. The molecule has 30 heavy (non-hydrogen) atoms. The lowest BCUT2D eigenvalue weighted by Crippen LogP contribution is -2.65. The molecule has 0 aromatic heterocycles. The predicted octanol–water partition coefficient (Wildman–Crippen LogP) is 5.09. The topological polar surface area (TPSA) is 55.8 Å². The first-order chi connectivity index (χ1) is 13.8. The highest BCUT2D eigenvalue weighted by molar-refractivity contribution is 5.87. The van der Waals surface area contributed by atoms with Gasteiger partial charge in [0.1, 0.15) is 5.60 Å². The van der Waals surface area contributed by atoms with Crippen LogP contribution in [0.2, 0.25) is 0 Å². The zero-order valence-electron chi connectivity index (χ0n) is 17.9. The van der Waals surface area contributed by atoms with Crippen LogP contribution in [0.25, 0.3) is 0 Å². The Hall–Kier alpha value is -1.08. The molecule has 1 N–H and O–H groups in total. The molecule has 0 heterocycles. The highest BCUT2D eigenvalue weighted by Gasteiger charge is 2.67. The Balaban J connectivity index is 1.63. The third-order valence-electron chi connectivity index (χ3n) is 8.28. The zero-order valence-corrected chi connectivity index (χ0v) is 17.9. The molecule has 5 saturated carbocycles. The van der Waals surface area contributed by atoms with Gasteiger partial charge in [-0.2, -0.15) is 13.2 Å². The molecule has 0 aromatic carbocycles. The summed E-state index contributed by atoms with van der Waals surface area (Å²) in [6, 6.07) is 0. The minimum Gasteiger partial charge on any atom is -0.456 e. The van der Waals surface area contributed by atoms with Gasteiger partial charge in [-0.3, -0.25) is 0 Å². The largest absolute Gasteiger partial charge is 0.456 e. The number of alkyl halides is 3. The fourth-order valence-corrected chi connectivity index (χ4v) is 7.25. The molecule has 0 radical (unpaired) electrons. The monoisotopic (exact) mass is 430 g/mol. The number of hydrogen-bond acceptors (Lipinski definition) is 4. The van der Waals surface area contributed by atoms with E-state index in [2.05, 4.69) is 6.58 Å². The number of esters is 1. The van der Waals surface area contributed by atoms with Gasteiger partial charge < -0.3 is 14.6 Å². The summed E-state index contributed by atoms with van der Waals surface area (Å²) < 4.78 is 52.0. The molecule has 0 saturated heterocycles. The van der Waals surface area contributed by atoms with Gasteiger partial charge in [-0.05, 0) is 77.0 Å². The molecule has 0 amide bonds. The molecule has 3 atom stereocenters. The predicted molar refractivity (Wildman–Crippen MR) is 105 cm³/mol. The first-order valence-electron chi connectivity index (χ1n) is 11.1. The van der Waals surface area contributed by atoms with Crippen molar-refractivity contribution in [1.29, 1.82) is 0 Å². The van der Waals surface area contributed by atoms with E-state index in [9.17, 15) is 23.1 Å². The number of halogens is 3. The van der Waals surface area contributed by atoms with Crippen molar-refractivity contribution in [2.75, 3.05) is 6.61 Å². The second-order valence-corrected chi connectivity index (χ2v) is 10.9. The summed E-state index contributed by atoms with van der Waals surface area (Å²) in [4.78, 5) is 12.4. The Bertz CT molecular complexity index is 706. The Morgan fingerprint density at radius 1 is 1.13 bits per heavy atom. The van der Waals surface area contributed by atoms with Gasteiger partial charge in [0.15, 0.2) is 5.60 Å². The number of aliphatic hydroxyl groups is 1. The van der Waals surface area contributed by atoms with Gasteiger partial charge in [-0.1, -0.05) is 19.4 Å². The third kappa shape index (κ3) is 3.50. The molecule has 4 nitrogen and oxygen atoms in total. The highest BCUT2D eigenvalue weighted by Crippen LogP contribution is 2.69. The molecule has 5 aliphatic carbocycles. The molecule has 5 rings (SSSR count). The van der Waals surface area contributed by atoms with Crippen LogP contribution in [0, 0.1) is 17.3 Å². The van der Waals surface area contributed by atoms with Crippen LogP contribution in [-0.4, -0.2) is 40.7 Å². The lowest BCUT2D eigenvalue weighted by Gasteiger charge is -2.66. The number of carbonyl (C=O) groups excluding carboxylic acids is 1. The summed E-state index contributed by atoms with van der Waals surface area (Å²) in [6.07, 6.45) is 3.65. The quantitative estimate of drug-likeness (QED) is 0.471. The summed E-state index contributed by atoms with van der Waals surface area (Å²) in [7, 11) is 0. The highest BCUT2D eigenvalue weighted by atomic mass is 19.4. The van der Waals surface area contributed by atoms with Crippen LogP contribution >= 0.6 is 0 Å². The van der Waals surface area contributed by atoms with Gasteiger partial charge in [-0.15, -0.1) is 0 Å². The first kappa shape index (κ1) is 22.1. The maximum atomic E-state index is 13.3. The smallest absolute Gasteiger partial charge is 0.419 e. The summed E-state index contributed by atoms with van der Waals surface area (Å²) in [5, 5.41) is 10.0. The van der Waals surface area contributed by atoms with Gasteiger partial charge in [0.05, 0.1) is 12.2 Å². The van der Waals surface area contributed by atoms with E-state index in [0.717, 1.165) is 51.9 Å². The lowest BCUT2D eigenvalue weighted by atomic mass is 9.43. The van der Waals surface area contributed by atoms with Crippen LogP contribution in [0.3, 0.4) is 0 Å². The maximum absolute atomic E-state index is 13.3. The van der Waals surface area contributed by atoms with Gasteiger partial charge in [0, 0.05) is 11.0 Å². The van der Waals surface area contributed by atoms with E-state index >= 15 is 0 Å². The van der Waals surface area contributed by atoms with Crippen molar-refractivity contribution in [1.82, 2.24) is 0 Å². The van der Waals surface area contributed by atoms with Gasteiger partial charge in [0.25, 0.3) is 0 Å². The van der Waals surface area contributed by atoms with E-state index in [1.54, 1.807) is 6.92 Å². The molecule has 7 heteroatoms. The Morgan fingerprint density at radius 3 is 2.20 bits per heavy atom. The maximum Gasteiger partial charge on any atom is 0.419 e. The molecular formula is C23H33F3O4. The minimum absolute atomic E-state index is 0.301. The second-order valence-electron chi connectivity index (χ2n) is 10.9. The molecule has 0 spiro atoms. The Labute approximate surface area is 176 Å². The zero-order chi connectivity index (χ0) is 22.0. The van der Waals surface area contributed by atoms with Crippen molar-refractivity contribution >= 4 is 5.97 Å². The van der Waals surface area contributed by atoms with Crippen molar-refractivity contribution in [3.05, 3.63) is 12.2 Å². The van der Waals surface area contributed by atoms with Crippen LogP contribution in [0.15, 0.2) is 12.2 Å². The molecule has 5 fully saturated rings. The fourth-order valence-electron chi connectivity index (χ4n) is 7.25. The Morgan fingerprint density at radius 2 is 1.70 bits per heavy atom. The first-order valence-corrected chi connectivity index (χ1v) is 11.1. The van der Waals surface area contributed by atoms with E-state index in [0.29, 0.717) is 36.7 Å². The summed E-state index contributed by atoms with van der Waals surface area (Å²) in [5.41, 5.74) is -4.07. The average Bonchev–Trinajstić information content (AvgIpc) is 3.08. The molecule has 5 aliphatic rings.